The molecule has 0 aliphatic heterocycles. The lowest BCUT2D eigenvalue weighted by Gasteiger charge is -1.96. The Labute approximate surface area is 92.1 Å². The molecule has 0 aromatic rings. The zero-order valence-electron chi connectivity index (χ0n) is 9.31. The van der Waals surface area contributed by atoms with Gasteiger partial charge in [0, 0.05) is 12.8 Å². The SMILES string of the molecule is CC#CC#CCCCCCCCC(=O)O. The fourth-order valence-electron chi connectivity index (χ4n) is 1.19. The Bertz CT molecular complexity index is 283. The molecule has 2 nitrogen and oxygen atoms in total. The zero-order valence-corrected chi connectivity index (χ0v) is 9.31. The molecular weight excluding hydrogens is 188 g/mol. The minimum atomic E-state index is -0.695. The minimum absolute atomic E-state index is 0.298. The molecule has 0 spiro atoms. The van der Waals surface area contributed by atoms with Gasteiger partial charge in [0.15, 0.2) is 0 Å². The number of hydrogen-bond donors (Lipinski definition) is 1. The third-order valence-corrected chi connectivity index (χ3v) is 1.97. The average molecular weight is 206 g/mol. The number of rotatable bonds is 7. The van der Waals surface area contributed by atoms with E-state index in [1.807, 2.05) is 0 Å². The second-order valence-corrected chi connectivity index (χ2v) is 3.34. The highest BCUT2D eigenvalue weighted by atomic mass is 16.4. The predicted molar refractivity (Wildman–Crippen MR) is 61.2 cm³/mol. The molecule has 0 radical (unpaired) electrons. The van der Waals surface area contributed by atoms with Crippen LogP contribution in [0, 0.1) is 23.7 Å². The molecular formula is C13H18O2. The van der Waals surface area contributed by atoms with Crippen LogP contribution in [-0.4, -0.2) is 11.1 Å². The summed E-state index contributed by atoms with van der Waals surface area (Å²) in [5.41, 5.74) is 0. The van der Waals surface area contributed by atoms with Gasteiger partial charge in [0.25, 0.3) is 0 Å². The van der Waals surface area contributed by atoms with Crippen molar-refractivity contribution in [2.45, 2.75) is 51.9 Å². The molecule has 2 heteroatoms. The van der Waals surface area contributed by atoms with E-state index >= 15 is 0 Å². The Hall–Kier alpha value is -1.41. The Balaban J connectivity index is 3.15. The van der Waals surface area contributed by atoms with Crippen LogP contribution in [0.1, 0.15) is 51.9 Å². The topological polar surface area (TPSA) is 37.3 Å². The highest BCUT2D eigenvalue weighted by Crippen LogP contribution is 2.06. The zero-order chi connectivity index (χ0) is 11.4. The number of aliphatic carboxylic acids is 1. The van der Waals surface area contributed by atoms with Crippen LogP contribution in [0.2, 0.25) is 0 Å². The summed E-state index contributed by atoms with van der Waals surface area (Å²) in [6, 6.07) is 0. The maximum Gasteiger partial charge on any atom is 0.303 e. The Morgan fingerprint density at radius 3 is 2.40 bits per heavy atom. The fraction of sp³-hybridized carbons (Fsp3) is 0.615. The first-order valence-electron chi connectivity index (χ1n) is 5.38. The summed E-state index contributed by atoms with van der Waals surface area (Å²) in [4.78, 5) is 10.2. The molecule has 1 N–H and O–H groups in total. The summed E-state index contributed by atoms with van der Waals surface area (Å²) in [5, 5.41) is 8.41. The third-order valence-electron chi connectivity index (χ3n) is 1.97. The molecule has 0 aliphatic rings. The van der Waals surface area contributed by atoms with Crippen molar-refractivity contribution in [2.75, 3.05) is 0 Å². The smallest absolute Gasteiger partial charge is 0.303 e. The molecule has 0 unspecified atom stereocenters. The molecule has 0 rings (SSSR count). The van der Waals surface area contributed by atoms with Gasteiger partial charge in [-0.3, -0.25) is 4.79 Å². The number of carboxylic acids is 1. The Kier molecular flexibility index (Phi) is 9.67. The van der Waals surface area contributed by atoms with Gasteiger partial charge in [-0.2, -0.15) is 0 Å². The molecule has 0 aliphatic carbocycles. The van der Waals surface area contributed by atoms with E-state index in [-0.39, 0.29) is 0 Å². The van der Waals surface area contributed by atoms with E-state index in [0.29, 0.717) is 6.42 Å². The molecule has 0 fully saturated rings. The van der Waals surface area contributed by atoms with E-state index in [0.717, 1.165) is 38.5 Å². The summed E-state index contributed by atoms with van der Waals surface area (Å²) in [5.74, 6) is 10.5. The molecule has 0 aromatic carbocycles. The molecule has 0 heterocycles. The normalized spacial score (nSPS) is 8.33. The van der Waals surface area contributed by atoms with E-state index in [1.165, 1.54) is 0 Å². The van der Waals surface area contributed by atoms with E-state index in [4.69, 9.17) is 5.11 Å². The summed E-state index contributed by atoms with van der Waals surface area (Å²) in [7, 11) is 0. The molecule has 0 bridgehead atoms. The van der Waals surface area contributed by atoms with Gasteiger partial charge in [0.1, 0.15) is 0 Å². The Morgan fingerprint density at radius 1 is 1.07 bits per heavy atom. The van der Waals surface area contributed by atoms with Gasteiger partial charge in [0.2, 0.25) is 0 Å². The molecule has 0 aromatic heterocycles. The molecule has 0 amide bonds. The van der Waals surface area contributed by atoms with Crippen LogP contribution in [0.3, 0.4) is 0 Å². The van der Waals surface area contributed by atoms with Crippen molar-refractivity contribution in [3.05, 3.63) is 0 Å². The molecule has 82 valence electrons. The van der Waals surface area contributed by atoms with Gasteiger partial charge in [-0.25, -0.2) is 0 Å². The highest BCUT2D eigenvalue weighted by Gasteiger charge is 1.95. The highest BCUT2D eigenvalue weighted by molar-refractivity contribution is 5.66. The van der Waals surface area contributed by atoms with Crippen molar-refractivity contribution in [3.63, 3.8) is 0 Å². The number of carboxylic acid groups (broad SMARTS) is 1. The molecule has 0 atom stereocenters. The number of hydrogen-bond acceptors (Lipinski definition) is 1. The lowest BCUT2D eigenvalue weighted by molar-refractivity contribution is -0.137. The molecule has 15 heavy (non-hydrogen) atoms. The number of unbranched alkanes of at least 4 members (excludes halogenated alkanes) is 5. The maximum atomic E-state index is 10.2. The standard InChI is InChI=1S/C13H18O2/c1-2-3-4-5-6-7-8-9-10-11-12-13(14)15/h6-12H2,1H3,(H,14,15). The van der Waals surface area contributed by atoms with Gasteiger partial charge >= 0.3 is 5.97 Å². The van der Waals surface area contributed by atoms with E-state index < -0.39 is 5.97 Å². The van der Waals surface area contributed by atoms with Crippen LogP contribution in [0.4, 0.5) is 0 Å². The van der Waals surface area contributed by atoms with Crippen molar-refractivity contribution in [1.82, 2.24) is 0 Å². The lowest BCUT2D eigenvalue weighted by atomic mass is 10.1. The van der Waals surface area contributed by atoms with Crippen LogP contribution in [0.15, 0.2) is 0 Å². The van der Waals surface area contributed by atoms with Gasteiger partial charge in [-0.05, 0) is 31.6 Å². The summed E-state index contributed by atoms with van der Waals surface area (Å²) in [6.45, 7) is 1.77. The first-order chi connectivity index (χ1) is 7.27. The minimum Gasteiger partial charge on any atom is -0.481 e. The van der Waals surface area contributed by atoms with Crippen LogP contribution < -0.4 is 0 Å². The van der Waals surface area contributed by atoms with Gasteiger partial charge in [-0.1, -0.05) is 31.1 Å². The summed E-state index contributed by atoms with van der Waals surface area (Å²) < 4.78 is 0. The van der Waals surface area contributed by atoms with Gasteiger partial charge in [-0.15, -0.1) is 0 Å². The van der Waals surface area contributed by atoms with Crippen molar-refractivity contribution in [1.29, 1.82) is 0 Å². The van der Waals surface area contributed by atoms with Crippen molar-refractivity contribution in [2.24, 2.45) is 0 Å². The van der Waals surface area contributed by atoms with Crippen molar-refractivity contribution >= 4 is 5.97 Å². The van der Waals surface area contributed by atoms with Crippen molar-refractivity contribution < 1.29 is 9.90 Å². The predicted octanol–water partition coefficient (Wildman–Crippen LogP) is 2.83. The summed E-state index contributed by atoms with van der Waals surface area (Å²) >= 11 is 0. The number of carbonyl (C=O) groups is 1. The molecule has 0 saturated heterocycles. The van der Waals surface area contributed by atoms with Crippen molar-refractivity contribution in [3.8, 4) is 23.7 Å². The first-order valence-corrected chi connectivity index (χ1v) is 5.38. The largest absolute Gasteiger partial charge is 0.481 e. The first kappa shape index (κ1) is 13.6. The monoisotopic (exact) mass is 206 g/mol. The van der Waals surface area contributed by atoms with Gasteiger partial charge in [0.05, 0.1) is 0 Å². The maximum absolute atomic E-state index is 10.2. The van der Waals surface area contributed by atoms with E-state index in [1.54, 1.807) is 6.92 Å². The Morgan fingerprint density at radius 2 is 1.73 bits per heavy atom. The second kappa shape index (κ2) is 10.7. The molecule has 0 saturated carbocycles. The van der Waals surface area contributed by atoms with Crippen LogP contribution in [0.25, 0.3) is 0 Å². The lowest BCUT2D eigenvalue weighted by Crippen LogP contribution is -1.93. The fourth-order valence-corrected chi connectivity index (χ4v) is 1.19. The summed E-state index contributed by atoms with van der Waals surface area (Å²) in [6.07, 6.45) is 6.32. The van der Waals surface area contributed by atoms with E-state index in [2.05, 4.69) is 23.7 Å². The van der Waals surface area contributed by atoms with Crippen LogP contribution >= 0.6 is 0 Å². The second-order valence-electron chi connectivity index (χ2n) is 3.34. The van der Waals surface area contributed by atoms with E-state index in [9.17, 15) is 4.79 Å². The van der Waals surface area contributed by atoms with Crippen LogP contribution in [0.5, 0.6) is 0 Å². The third kappa shape index (κ3) is 12.6. The quantitative estimate of drug-likeness (QED) is 0.513. The average Bonchev–Trinajstić information content (AvgIpc) is 2.20. The van der Waals surface area contributed by atoms with Gasteiger partial charge < -0.3 is 5.11 Å². The van der Waals surface area contributed by atoms with Crippen LogP contribution in [-0.2, 0) is 4.79 Å².